The van der Waals surface area contributed by atoms with Crippen LogP contribution in [0.1, 0.15) is 31.4 Å². The summed E-state index contributed by atoms with van der Waals surface area (Å²) >= 11 is 0. The second-order valence-electron chi connectivity index (χ2n) is 3.48. The molecule has 4 heteroatoms. The van der Waals surface area contributed by atoms with Gasteiger partial charge in [0.15, 0.2) is 6.04 Å². The third-order valence-corrected chi connectivity index (χ3v) is 2.61. The van der Waals surface area contributed by atoms with Gasteiger partial charge in [-0.1, -0.05) is 0 Å². The number of nitrogens with zero attached hydrogens (tertiary/aromatic N) is 2. The van der Waals surface area contributed by atoms with E-state index in [4.69, 9.17) is 5.11 Å². The Morgan fingerprint density at radius 1 is 1.64 bits per heavy atom. The van der Waals surface area contributed by atoms with Gasteiger partial charge in [-0.15, -0.1) is 0 Å². The van der Waals surface area contributed by atoms with E-state index in [1.54, 1.807) is 11.5 Å². The van der Waals surface area contributed by atoms with Crippen LogP contribution in [0.5, 0.6) is 0 Å². The van der Waals surface area contributed by atoms with E-state index in [1.165, 1.54) is 0 Å². The molecule has 0 spiro atoms. The zero-order valence-electron chi connectivity index (χ0n) is 9.11. The van der Waals surface area contributed by atoms with Gasteiger partial charge in [0.25, 0.3) is 5.82 Å². The summed E-state index contributed by atoms with van der Waals surface area (Å²) in [6.07, 6.45) is 1.89. The second-order valence-corrected chi connectivity index (χ2v) is 3.48. The number of hydrogen-bond donors (Lipinski definition) is 1. The number of aryl methyl sites for hydroxylation is 1. The van der Waals surface area contributed by atoms with Gasteiger partial charge in [-0.25, -0.2) is 13.9 Å². The van der Waals surface area contributed by atoms with Crippen molar-refractivity contribution in [1.29, 1.82) is 0 Å². The first-order chi connectivity index (χ1) is 6.49. The number of hydrogen-bond acceptors (Lipinski definition) is 1. The van der Waals surface area contributed by atoms with Crippen LogP contribution in [0.15, 0.2) is 6.20 Å². The summed E-state index contributed by atoms with van der Waals surface area (Å²) in [7, 11) is 0. The highest BCUT2D eigenvalue weighted by atomic mass is 16.4. The Morgan fingerprint density at radius 3 is 2.57 bits per heavy atom. The number of carboxylic acid groups (broad SMARTS) is 1. The first-order valence-corrected chi connectivity index (χ1v) is 4.79. The van der Waals surface area contributed by atoms with Crippen LogP contribution in [0.25, 0.3) is 0 Å². The summed E-state index contributed by atoms with van der Waals surface area (Å²) in [6.45, 7) is 8.54. The van der Waals surface area contributed by atoms with E-state index in [-0.39, 0.29) is 0 Å². The summed E-state index contributed by atoms with van der Waals surface area (Å²) in [4.78, 5) is 10.8. The van der Waals surface area contributed by atoms with Gasteiger partial charge in [-0.05, 0) is 13.8 Å². The monoisotopic (exact) mass is 197 g/mol. The molecule has 1 heterocycles. The summed E-state index contributed by atoms with van der Waals surface area (Å²) in [5.41, 5.74) is 1.10. The van der Waals surface area contributed by atoms with Gasteiger partial charge in [0.1, 0.15) is 11.9 Å². The normalized spacial score (nSPS) is 12.9. The second kappa shape index (κ2) is 3.82. The third-order valence-electron chi connectivity index (χ3n) is 2.61. The quantitative estimate of drug-likeness (QED) is 0.736. The van der Waals surface area contributed by atoms with Gasteiger partial charge in [0.05, 0.1) is 6.54 Å². The fourth-order valence-corrected chi connectivity index (χ4v) is 1.75. The summed E-state index contributed by atoms with van der Waals surface area (Å²) in [5, 5.41) is 8.90. The molecule has 0 saturated carbocycles. The van der Waals surface area contributed by atoms with Crippen LogP contribution in [0, 0.1) is 13.8 Å². The van der Waals surface area contributed by atoms with E-state index in [2.05, 4.69) is 11.5 Å². The average Bonchev–Trinajstić information content (AvgIpc) is 2.40. The van der Waals surface area contributed by atoms with E-state index >= 15 is 0 Å². The molecule has 0 amide bonds. The molecule has 1 unspecified atom stereocenters. The molecule has 1 atom stereocenters. The number of imidazole rings is 1. The highest BCUT2D eigenvalue weighted by Crippen LogP contribution is 2.05. The summed E-state index contributed by atoms with van der Waals surface area (Å²) in [5.74, 6) is 0.186. The predicted molar refractivity (Wildman–Crippen MR) is 52.1 cm³/mol. The third kappa shape index (κ3) is 1.64. The Bertz CT molecular complexity index is 355. The zero-order valence-corrected chi connectivity index (χ0v) is 9.11. The first-order valence-electron chi connectivity index (χ1n) is 4.79. The molecule has 0 bridgehead atoms. The first kappa shape index (κ1) is 10.8. The molecular weight excluding hydrogens is 180 g/mol. The molecule has 0 fully saturated rings. The molecule has 78 valence electrons. The summed E-state index contributed by atoms with van der Waals surface area (Å²) in [6, 6.07) is -0.499. The van der Waals surface area contributed by atoms with Gasteiger partial charge in [0, 0.05) is 13.8 Å². The summed E-state index contributed by atoms with van der Waals surface area (Å²) < 4.78 is 3.89. The maximum Gasteiger partial charge on any atom is 0.349 e. The number of carbonyl (C=O) groups is 1. The molecule has 0 aliphatic carbocycles. The molecule has 1 aromatic rings. The number of rotatable bonds is 3. The van der Waals surface area contributed by atoms with Gasteiger partial charge >= 0.3 is 5.97 Å². The van der Waals surface area contributed by atoms with Crippen molar-refractivity contribution in [3.63, 3.8) is 0 Å². The van der Waals surface area contributed by atoms with Crippen LogP contribution in [0.4, 0.5) is 0 Å². The minimum absolute atomic E-state index is 0.499. The van der Waals surface area contributed by atoms with Crippen molar-refractivity contribution < 1.29 is 14.5 Å². The predicted octanol–water partition coefficient (Wildman–Crippen LogP) is 1.06. The lowest BCUT2D eigenvalue weighted by Gasteiger charge is -2.03. The number of aromatic nitrogens is 2. The molecular formula is C10H17N2O2+. The lowest BCUT2D eigenvalue weighted by atomic mass is 10.3. The Labute approximate surface area is 83.8 Å². The molecule has 14 heavy (non-hydrogen) atoms. The smallest absolute Gasteiger partial charge is 0.349 e. The lowest BCUT2D eigenvalue weighted by molar-refractivity contribution is -0.712. The van der Waals surface area contributed by atoms with Crippen molar-refractivity contribution in [3.05, 3.63) is 17.7 Å². The van der Waals surface area contributed by atoms with Crippen molar-refractivity contribution in [2.75, 3.05) is 0 Å². The fraction of sp³-hybridized carbons (Fsp3) is 0.600. The molecule has 0 aliphatic rings. The average molecular weight is 197 g/mol. The minimum Gasteiger partial charge on any atom is -0.478 e. The Hall–Kier alpha value is -1.32. The van der Waals surface area contributed by atoms with Crippen molar-refractivity contribution >= 4 is 5.97 Å². The van der Waals surface area contributed by atoms with Crippen molar-refractivity contribution in [2.24, 2.45) is 0 Å². The molecule has 0 saturated heterocycles. The molecule has 0 radical (unpaired) electrons. The largest absolute Gasteiger partial charge is 0.478 e. The highest BCUT2D eigenvalue weighted by Gasteiger charge is 2.24. The van der Waals surface area contributed by atoms with E-state index in [1.807, 2.05) is 20.0 Å². The Kier molecular flexibility index (Phi) is 2.93. The maximum atomic E-state index is 10.8. The van der Waals surface area contributed by atoms with E-state index in [0.29, 0.717) is 0 Å². The van der Waals surface area contributed by atoms with E-state index < -0.39 is 12.0 Å². The number of carboxylic acids is 1. The van der Waals surface area contributed by atoms with Crippen molar-refractivity contribution in [2.45, 2.75) is 40.3 Å². The van der Waals surface area contributed by atoms with Gasteiger partial charge in [-0.2, -0.15) is 0 Å². The molecule has 0 aromatic carbocycles. The lowest BCUT2D eigenvalue weighted by Crippen LogP contribution is -2.43. The Morgan fingerprint density at radius 2 is 2.21 bits per heavy atom. The fourth-order valence-electron chi connectivity index (χ4n) is 1.75. The molecule has 0 aliphatic heterocycles. The van der Waals surface area contributed by atoms with Crippen LogP contribution < -0.4 is 4.57 Å². The molecule has 1 aromatic heterocycles. The van der Waals surface area contributed by atoms with Gasteiger partial charge < -0.3 is 5.11 Å². The zero-order chi connectivity index (χ0) is 10.9. The van der Waals surface area contributed by atoms with Crippen LogP contribution >= 0.6 is 0 Å². The van der Waals surface area contributed by atoms with Gasteiger partial charge in [0.2, 0.25) is 0 Å². The van der Waals surface area contributed by atoms with E-state index in [0.717, 1.165) is 18.1 Å². The molecule has 1 rings (SSSR count). The van der Waals surface area contributed by atoms with Gasteiger partial charge in [-0.3, -0.25) is 0 Å². The van der Waals surface area contributed by atoms with Crippen molar-refractivity contribution in [3.8, 4) is 0 Å². The van der Waals surface area contributed by atoms with Crippen LogP contribution in [0.2, 0.25) is 0 Å². The minimum atomic E-state index is -0.800. The number of aliphatic carboxylic acids is 1. The molecule has 4 nitrogen and oxygen atoms in total. The van der Waals surface area contributed by atoms with Crippen LogP contribution in [-0.4, -0.2) is 15.6 Å². The molecule has 1 N–H and O–H groups in total. The van der Waals surface area contributed by atoms with Crippen LogP contribution in [-0.2, 0) is 11.3 Å². The Balaban J connectivity index is 3.17. The topological polar surface area (TPSA) is 46.1 Å². The highest BCUT2D eigenvalue weighted by molar-refractivity contribution is 5.69. The van der Waals surface area contributed by atoms with E-state index in [9.17, 15) is 4.79 Å². The maximum absolute atomic E-state index is 10.8. The standard InChI is InChI=1S/C10H16N2O2/c1-5-11-7(2)6-12(9(11)4)8(3)10(13)14/h6,8H,5H2,1-4H3/p+1. The van der Waals surface area contributed by atoms with Crippen molar-refractivity contribution in [1.82, 2.24) is 4.57 Å². The SMILES string of the molecule is CCn1c(C)c[n+](C(C)C(=O)O)c1C. The van der Waals surface area contributed by atoms with Crippen LogP contribution in [0.3, 0.4) is 0 Å².